The number of aliphatic carboxylic acids is 1. The molecule has 0 aromatic carbocycles. The topological polar surface area (TPSA) is 46.5 Å². The molecule has 3 nitrogen and oxygen atoms in total. The smallest absolute Gasteiger partial charge is 0.303 e. The van der Waals surface area contributed by atoms with E-state index in [0.717, 1.165) is 16.5 Å². The molecule has 0 aliphatic heterocycles. The minimum atomic E-state index is -1.56. The average molecular weight is 178 g/mol. The van der Waals surface area contributed by atoms with E-state index in [1.807, 2.05) is 13.1 Å². The van der Waals surface area contributed by atoms with Crippen molar-refractivity contribution < 1.29 is 14.0 Å². The Morgan fingerprint density at radius 3 is 2.50 bits per heavy atom. The molecule has 0 saturated heterocycles. The van der Waals surface area contributed by atoms with Gasteiger partial charge in [0.1, 0.15) is 10.5 Å². The van der Waals surface area contributed by atoms with E-state index in [4.69, 9.17) is 9.22 Å². The van der Waals surface area contributed by atoms with Crippen LogP contribution in [-0.2, 0) is 8.91 Å². The lowest BCUT2D eigenvalue weighted by molar-refractivity contribution is -0.136. The summed E-state index contributed by atoms with van der Waals surface area (Å²) < 4.78 is 5.30. The summed E-state index contributed by atoms with van der Waals surface area (Å²) in [7, 11) is -0.833. The number of hydrogen-bond donors (Lipinski definition) is 1. The van der Waals surface area contributed by atoms with E-state index in [1.54, 1.807) is 0 Å². The first-order chi connectivity index (χ1) is 4.48. The Kier molecular flexibility index (Phi) is 3.84. The van der Waals surface area contributed by atoms with Crippen LogP contribution in [0.2, 0.25) is 19.1 Å². The zero-order valence-corrected chi connectivity index (χ0v) is 9.68. The summed E-state index contributed by atoms with van der Waals surface area (Å²) >= 11 is 0. The number of carboxylic acid groups (broad SMARTS) is 1. The fourth-order valence-corrected chi connectivity index (χ4v) is 2.14. The van der Waals surface area contributed by atoms with Crippen molar-refractivity contribution >= 4 is 24.8 Å². The molecule has 0 aliphatic rings. The molecule has 0 atom stereocenters. The Morgan fingerprint density at radius 2 is 2.20 bits per heavy atom. The van der Waals surface area contributed by atoms with Crippen LogP contribution >= 0.6 is 0 Å². The van der Waals surface area contributed by atoms with Crippen LogP contribution in [0.25, 0.3) is 0 Å². The number of carbonyl (C=O) groups is 1. The second-order valence-corrected chi connectivity index (χ2v) is 8.51. The molecule has 10 heavy (non-hydrogen) atoms. The van der Waals surface area contributed by atoms with E-state index in [-0.39, 0.29) is 6.42 Å². The standard InChI is InChI=1S/C5H14O3Si2/c1-10(2,8-9)4-3-5(6)7/h3-4H2,1-2,9H3,(H,6,7). The molecule has 0 fully saturated rings. The normalized spacial score (nSPS) is 11.8. The third-order valence-electron chi connectivity index (χ3n) is 1.49. The summed E-state index contributed by atoms with van der Waals surface area (Å²) in [5, 5.41) is 8.35. The summed E-state index contributed by atoms with van der Waals surface area (Å²) in [5.74, 6) is -0.723. The van der Waals surface area contributed by atoms with Crippen molar-refractivity contribution in [2.75, 3.05) is 0 Å². The molecule has 0 aromatic rings. The average Bonchev–Trinajstić information content (AvgIpc) is 1.85. The van der Waals surface area contributed by atoms with E-state index in [0.29, 0.717) is 0 Å². The molecule has 60 valence electrons. The first kappa shape index (κ1) is 9.86. The van der Waals surface area contributed by atoms with Crippen LogP contribution in [0.1, 0.15) is 6.42 Å². The lowest BCUT2D eigenvalue weighted by Crippen LogP contribution is -2.29. The van der Waals surface area contributed by atoms with Gasteiger partial charge in [-0.2, -0.15) is 0 Å². The highest BCUT2D eigenvalue weighted by Gasteiger charge is 2.20. The largest absolute Gasteiger partial charge is 0.481 e. The molecule has 0 aromatic heterocycles. The van der Waals surface area contributed by atoms with Crippen molar-refractivity contribution in [3.05, 3.63) is 0 Å². The van der Waals surface area contributed by atoms with Gasteiger partial charge in [-0.05, 0) is 19.1 Å². The van der Waals surface area contributed by atoms with E-state index in [2.05, 4.69) is 0 Å². The molecule has 0 spiro atoms. The van der Waals surface area contributed by atoms with Crippen molar-refractivity contribution in [2.24, 2.45) is 0 Å². The molecule has 0 heterocycles. The molecule has 0 radical (unpaired) electrons. The van der Waals surface area contributed by atoms with Crippen LogP contribution in [0.3, 0.4) is 0 Å². The zero-order chi connectivity index (χ0) is 8.20. The molecule has 0 rings (SSSR count). The maximum atomic E-state index is 10.1. The number of hydrogen-bond acceptors (Lipinski definition) is 2. The molecule has 5 heteroatoms. The highest BCUT2D eigenvalue weighted by molar-refractivity contribution is 6.73. The molecule has 1 N–H and O–H groups in total. The quantitative estimate of drug-likeness (QED) is 0.615. The Balaban J connectivity index is 3.56. The number of carboxylic acids is 1. The molecule has 0 saturated carbocycles. The zero-order valence-electron chi connectivity index (χ0n) is 6.68. The van der Waals surface area contributed by atoms with Crippen molar-refractivity contribution in [1.29, 1.82) is 0 Å². The lowest BCUT2D eigenvalue weighted by atomic mass is 10.5. The van der Waals surface area contributed by atoms with Gasteiger partial charge in [0.05, 0.1) is 0 Å². The second-order valence-electron chi connectivity index (χ2n) is 2.86. The summed E-state index contributed by atoms with van der Waals surface area (Å²) in [6.45, 7) is 4.09. The van der Waals surface area contributed by atoms with Crippen LogP contribution in [-0.4, -0.2) is 29.9 Å². The van der Waals surface area contributed by atoms with Crippen LogP contribution in [0, 0.1) is 0 Å². The first-order valence-corrected chi connectivity index (χ1v) is 7.18. The SMILES string of the molecule is C[Si](C)(CCC(=O)O)O[SiH3]. The predicted octanol–water partition coefficient (Wildman–Crippen LogP) is -0.0368. The van der Waals surface area contributed by atoms with E-state index < -0.39 is 14.3 Å². The Bertz CT molecular complexity index is 124. The molecule has 0 unspecified atom stereocenters. The van der Waals surface area contributed by atoms with Crippen molar-refractivity contribution in [2.45, 2.75) is 25.6 Å². The van der Waals surface area contributed by atoms with Gasteiger partial charge in [0.15, 0.2) is 8.32 Å². The van der Waals surface area contributed by atoms with Gasteiger partial charge >= 0.3 is 5.97 Å². The third-order valence-corrected chi connectivity index (χ3v) is 7.37. The number of rotatable bonds is 4. The lowest BCUT2D eigenvalue weighted by Gasteiger charge is -2.18. The van der Waals surface area contributed by atoms with E-state index in [1.165, 1.54) is 0 Å². The van der Waals surface area contributed by atoms with Crippen LogP contribution < -0.4 is 0 Å². The fourth-order valence-electron chi connectivity index (χ4n) is 0.510. The van der Waals surface area contributed by atoms with Crippen molar-refractivity contribution in [3.8, 4) is 0 Å². The van der Waals surface area contributed by atoms with Gasteiger partial charge in [-0.25, -0.2) is 0 Å². The van der Waals surface area contributed by atoms with Gasteiger partial charge < -0.3 is 9.22 Å². The second kappa shape index (κ2) is 3.89. The first-order valence-electron chi connectivity index (χ1n) is 3.25. The Labute approximate surface area is 65.1 Å². The van der Waals surface area contributed by atoms with Gasteiger partial charge in [0, 0.05) is 6.42 Å². The molecule has 0 amide bonds. The maximum Gasteiger partial charge on any atom is 0.303 e. The van der Waals surface area contributed by atoms with Gasteiger partial charge in [0.25, 0.3) is 0 Å². The van der Waals surface area contributed by atoms with Crippen LogP contribution in [0.15, 0.2) is 0 Å². The molecular weight excluding hydrogens is 164 g/mol. The summed E-state index contributed by atoms with van der Waals surface area (Å²) in [6.07, 6.45) is 0.251. The predicted molar refractivity (Wildman–Crippen MR) is 45.6 cm³/mol. The minimum absolute atomic E-state index is 0.251. The van der Waals surface area contributed by atoms with E-state index >= 15 is 0 Å². The Hall–Kier alpha value is -0.136. The summed E-state index contributed by atoms with van der Waals surface area (Å²) in [5.41, 5.74) is 0. The molecular formula is C5H14O3Si2. The fraction of sp³-hybridized carbons (Fsp3) is 0.800. The molecule has 0 bridgehead atoms. The van der Waals surface area contributed by atoms with Gasteiger partial charge in [-0.3, -0.25) is 4.79 Å². The van der Waals surface area contributed by atoms with Gasteiger partial charge in [-0.15, -0.1) is 0 Å². The highest BCUT2D eigenvalue weighted by atomic mass is 28.4. The summed E-state index contributed by atoms with van der Waals surface area (Å²) in [6, 6.07) is 0.728. The summed E-state index contributed by atoms with van der Waals surface area (Å²) in [4.78, 5) is 10.1. The van der Waals surface area contributed by atoms with E-state index in [9.17, 15) is 4.79 Å². The van der Waals surface area contributed by atoms with Crippen molar-refractivity contribution in [3.63, 3.8) is 0 Å². The Morgan fingerprint density at radius 1 is 1.70 bits per heavy atom. The monoisotopic (exact) mass is 178 g/mol. The highest BCUT2D eigenvalue weighted by Crippen LogP contribution is 2.11. The minimum Gasteiger partial charge on any atom is -0.481 e. The van der Waals surface area contributed by atoms with Crippen molar-refractivity contribution in [1.82, 2.24) is 0 Å². The van der Waals surface area contributed by atoms with Gasteiger partial charge in [0.2, 0.25) is 0 Å². The van der Waals surface area contributed by atoms with Crippen LogP contribution in [0.4, 0.5) is 0 Å². The van der Waals surface area contributed by atoms with Crippen LogP contribution in [0.5, 0.6) is 0 Å². The van der Waals surface area contributed by atoms with Gasteiger partial charge in [-0.1, -0.05) is 0 Å². The maximum absolute atomic E-state index is 10.1. The molecule has 0 aliphatic carbocycles. The third kappa shape index (κ3) is 4.72.